The number of ether oxygens (including phenoxy) is 6. The molecule has 0 fully saturated rings. The van der Waals surface area contributed by atoms with Crippen LogP contribution >= 0.6 is 0 Å². The Labute approximate surface area is 299 Å². The standard InChI is InChI=1S/C43H42N2O6/c1-46-38-18-6-32(7-19-38)44(33-8-20-39(47-2)21-9-33)36-14-26-42(27-15-36)50-30-5-31-51-43-28-16-37(17-29-43)45(34-10-22-40(48-3)23-11-34)35-12-24-41(49-4)25-13-35/h6-29H,5,30-31H2,1-4H3. The summed E-state index contributed by atoms with van der Waals surface area (Å²) in [5, 5.41) is 0. The summed E-state index contributed by atoms with van der Waals surface area (Å²) in [6.45, 7) is 1.06. The quantitative estimate of drug-likeness (QED) is 0.0935. The first-order valence-corrected chi connectivity index (χ1v) is 16.7. The molecule has 8 heteroatoms. The Morgan fingerprint density at radius 1 is 0.294 bits per heavy atom. The van der Waals surface area contributed by atoms with Gasteiger partial charge in [-0.3, -0.25) is 0 Å². The van der Waals surface area contributed by atoms with E-state index < -0.39 is 0 Å². The van der Waals surface area contributed by atoms with Gasteiger partial charge in [-0.15, -0.1) is 0 Å². The minimum absolute atomic E-state index is 0.529. The fraction of sp³-hybridized carbons (Fsp3) is 0.163. The largest absolute Gasteiger partial charge is 0.497 e. The van der Waals surface area contributed by atoms with Crippen molar-refractivity contribution in [2.75, 3.05) is 51.5 Å². The summed E-state index contributed by atoms with van der Waals surface area (Å²) >= 11 is 0. The van der Waals surface area contributed by atoms with Crippen LogP contribution in [-0.2, 0) is 0 Å². The second-order valence-electron chi connectivity index (χ2n) is 11.5. The van der Waals surface area contributed by atoms with Crippen molar-refractivity contribution in [1.82, 2.24) is 0 Å². The third-order valence-corrected chi connectivity index (χ3v) is 8.34. The first-order valence-electron chi connectivity index (χ1n) is 16.7. The van der Waals surface area contributed by atoms with Crippen LogP contribution in [0.5, 0.6) is 34.5 Å². The lowest BCUT2D eigenvalue weighted by atomic mass is 10.2. The highest BCUT2D eigenvalue weighted by molar-refractivity contribution is 5.78. The summed E-state index contributed by atoms with van der Waals surface area (Å²) in [7, 11) is 6.67. The monoisotopic (exact) mass is 682 g/mol. The molecule has 0 radical (unpaired) electrons. The zero-order valence-electron chi connectivity index (χ0n) is 29.3. The fourth-order valence-corrected chi connectivity index (χ4v) is 5.64. The molecule has 0 saturated carbocycles. The molecule has 0 bridgehead atoms. The van der Waals surface area contributed by atoms with Gasteiger partial charge in [-0.25, -0.2) is 0 Å². The number of hydrogen-bond donors (Lipinski definition) is 0. The Morgan fingerprint density at radius 3 is 0.686 bits per heavy atom. The van der Waals surface area contributed by atoms with Crippen LogP contribution in [0.3, 0.4) is 0 Å². The van der Waals surface area contributed by atoms with Crippen LogP contribution in [0.25, 0.3) is 0 Å². The summed E-state index contributed by atoms with van der Waals surface area (Å²) in [5.74, 6) is 4.81. The molecule has 8 nitrogen and oxygen atoms in total. The summed E-state index contributed by atoms with van der Waals surface area (Å²) in [5.41, 5.74) is 6.04. The maximum absolute atomic E-state index is 6.08. The molecule has 0 amide bonds. The van der Waals surface area contributed by atoms with Gasteiger partial charge in [-0.2, -0.15) is 0 Å². The minimum atomic E-state index is 0.529. The van der Waals surface area contributed by atoms with E-state index in [0.717, 1.165) is 75.0 Å². The molecule has 0 aliphatic heterocycles. The van der Waals surface area contributed by atoms with Gasteiger partial charge in [0.15, 0.2) is 0 Å². The highest BCUT2D eigenvalue weighted by Gasteiger charge is 2.15. The van der Waals surface area contributed by atoms with Gasteiger partial charge in [0.05, 0.1) is 41.7 Å². The van der Waals surface area contributed by atoms with Gasteiger partial charge in [-0.1, -0.05) is 0 Å². The van der Waals surface area contributed by atoms with E-state index in [-0.39, 0.29) is 0 Å². The summed E-state index contributed by atoms with van der Waals surface area (Å²) in [6, 6.07) is 48.2. The van der Waals surface area contributed by atoms with Crippen LogP contribution in [0.1, 0.15) is 6.42 Å². The molecule has 6 rings (SSSR count). The topological polar surface area (TPSA) is 61.9 Å². The molecule has 0 spiro atoms. The van der Waals surface area contributed by atoms with E-state index in [1.54, 1.807) is 28.4 Å². The summed E-state index contributed by atoms with van der Waals surface area (Å²) in [6.07, 6.45) is 0.733. The van der Waals surface area contributed by atoms with Crippen LogP contribution in [0.15, 0.2) is 146 Å². The smallest absolute Gasteiger partial charge is 0.119 e. The zero-order valence-corrected chi connectivity index (χ0v) is 29.3. The van der Waals surface area contributed by atoms with E-state index in [1.165, 1.54) is 0 Å². The number of methoxy groups -OCH3 is 4. The molecule has 6 aromatic rings. The Morgan fingerprint density at radius 2 is 0.490 bits per heavy atom. The average molecular weight is 683 g/mol. The first-order chi connectivity index (χ1) is 25.1. The lowest BCUT2D eigenvalue weighted by Crippen LogP contribution is -2.10. The van der Waals surface area contributed by atoms with E-state index in [0.29, 0.717) is 13.2 Å². The van der Waals surface area contributed by atoms with Crippen LogP contribution in [0.2, 0.25) is 0 Å². The number of hydrogen-bond acceptors (Lipinski definition) is 8. The number of nitrogens with zero attached hydrogens (tertiary/aromatic N) is 2. The molecule has 0 heterocycles. The molecule has 6 aromatic carbocycles. The van der Waals surface area contributed by atoms with Gasteiger partial charge < -0.3 is 38.2 Å². The van der Waals surface area contributed by atoms with Gasteiger partial charge in [0.1, 0.15) is 34.5 Å². The van der Waals surface area contributed by atoms with Crippen molar-refractivity contribution in [2.24, 2.45) is 0 Å². The maximum atomic E-state index is 6.08. The van der Waals surface area contributed by atoms with Crippen molar-refractivity contribution in [1.29, 1.82) is 0 Å². The van der Waals surface area contributed by atoms with Gasteiger partial charge in [0.2, 0.25) is 0 Å². The van der Waals surface area contributed by atoms with Gasteiger partial charge in [0.25, 0.3) is 0 Å². The predicted molar refractivity (Wildman–Crippen MR) is 204 cm³/mol. The molecule has 0 atom stereocenters. The number of benzene rings is 6. The number of anilines is 6. The van der Waals surface area contributed by atoms with Crippen molar-refractivity contribution in [3.8, 4) is 34.5 Å². The normalized spacial score (nSPS) is 10.6. The molecular weight excluding hydrogens is 640 g/mol. The minimum Gasteiger partial charge on any atom is -0.497 e. The van der Waals surface area contributed by atoms with E-state index in [1.807, 2.05) is 121 Å². The molecular formula is C43H42N2O6. The van der Waals surface area contributed by atoms with Crippen molar-refractivity contribution >= 4 is 34.1 Å². The second kappa shape index (κ2) is 16.9. The van der Waals surface area contributed by atoms with Crippen LogP contribution in [0, 0.1) is 0 Å². The summed E-state index contributed by atoms with van der Waals surface area (Å²) < 4.78 is 33.6. The lowest BCUT2D eigenvalue weighted by molar-refractivity contribution is 0.247. The highest BCUT2D eigenvalue weighted by Crippen LogP contribution is 2.38. The van der Waals surface area contributed by atoms with Gasteiger partial charge in [0, 0.05) is 40.5 Å². The van der Waals surface area contributed by atoms with Crippen molar-refractivity contribution < 1.29 is 28.4 Å². The molecule has 0 N–H and O–H groups in total. The van der Waals surface area contributed by atoms with E-state index in [2.05, 4.69) is 34.1 Å². The second-order valence-corrected chi connectivity index (χ2v) is 11.5. The average Bonchev–Trinajstić information content (AvgIpc) is 3.20. The fourth-order valence-electron chi connectivity index (χ4n) is 5.64. The lowest BCUT2D eigenvalue weighted by Gasteiger charge is -2.26. The van der Waals surface area contributed by atoms with Gasteiger partial charge in [-0.05, 0) is 146 Å². The summed E-state index contributed by atoms with van der Waals surface area (Å²) in [4.78, 5) is 4.35. The Kier molecular flexibility index (Phi) is 11.5. The highest BCUT2D eigenvalue weighted by atomic mass is 16.5. The van der Waals surface area contributed by atoms with Crippen LogP contribution < -0.4 is 38.2 Å². The molecule has 0 aliphatic carbocycles. The predicted octanol–water partition coefficient (Wildman–Crippen LogP) is 10.5. The Balaban J connectivity index is 1.05. The van der Waals surface area contributed by atoms with Crippen molar-refractivity contribution in [3.05, 3.63) is 146 Å². The zero-order chi connectivity index (χ0) is 35.4. The maximum Gasteiger partial charge on any atom is 0.119 e. The van der Waals surface area contributed by atoms with Gasteiger partial charge >= 0.3 is 0 Å². The molecule has 0 saturated heterocycles. The third kappa shape index (κ3) is 8.66. The third-order valence-electron chi connectivity index (χ3n) is 8.34. The van der Waals surface area contributed by atoms with E-state index >= 15 is 0 Å². The van der Waals surface area contributed by atoms with Crippen molar-refractivity contribution in [3.63, 3.8) is 0 Å². The molecule has 51 heavy (non-hydrogen) atoms. The van der Waals surface area contributed by atoms with Crippen molar-refractivity contribution in [2.45, 2.75) is 6.42 Å². The Hall–Kier alpha value is -6.28. The molecule has 0 unspecified atom stereocenters. The SMILES string of the molecule is COc1ccc(N(c2ccc(OC)cc2)c2ccc(OCCCOc3ccc(N(c4ccc(OC)cc4)c4ccc(OC)cc4)cc3)cc2)cc1. The Bertz CT molecular complexity index is 1690. The first kappa shape index (κ1) is 34.6. The van der Waals surface area contributed by atoms with Crippen LogP contribution in [0.4, 0.5) is 34.1 Å². The number of rotatable bonds is 16. The molecule has 260 valence electrons. The van der Waals surface area contributed by atoms with E-state index in [9.17, 15) is 0 Å². The van der Waals surface area contributed by atoms with Crippen LogP contribution in [-0.4, -0.2) is 41.7 Å². The molecule has 0 aliphatic rings. The van der Waals surface area contributed by atoms with E-state index in [4.69, 9.17) is 28.4 Å². The molecule has 0 aromatic heterocycles.